The number of benzene rings is 2. The van der Waals surface area contributed by atoms with Crippen molar-refractivity contribution in [2.75, 3.05) is 18.5 Å². The van der Waals surface area contributed by atoms with Crippen LogP contribution in [0.3, 0.4) is 0 Å². The first-order chi connectivity index (χ1) is 10.2. The predicted molar refractivity (Wildman–Crippen MR) is 87.1 cm³/mol. The maximum atomic E-state index is 9.65. The fraction of sp³-hybridized carbons (Fsp3) is 0.294. The number of aliphatic hydroxyl groups is 1. The molecule has 0 heterocycles. The molecule has 0 amide bonds. The van der Waals surface area contributed by atoms with Crippen LogP contribution >= 0.6 is 11.6 Å². The number of aliphatic hydroxyl groups excluding tert-OH is 1. The Morgan fingerprint density at radius 1 is 1.19 bits per heavy atom. The highest BCUT2D eigenvalue weighted by atomic mass is 35.5. The Bertz CT molecular complexity index is 574. The van der Waals surface area contributed by atoms with Crippen LogP contribution in [0.15, 0.2) is 48.5 Å². The largest absolute Gasteiger partial charge is 0.494 e. The van der Waals surface area contributed by atoms with E-state index in [0.717, 1.165) is 23.4 Å². The summed E-state index contributed by atoms with van der Waals surface area (Å²) in [5, 5.41) is 13.5. The Labute approximate surface area is 130 Å². The fourth-order valence-corrected chi connectivity index (χ4v) is 2.23. The van der Waals surface area contributed by atoms with Crippen LogP contribution in [0.2, 0.25) is 5.02 Å². The number of halogens is 1. The second kappa shape index (κ2) is 7.91. The van der Waals surface area contributed by atoms with Crippen LogP contribution in [0.4, 0.5) is 5.69 Å². The minimum absolute atomic E-state index is 0.0253. The van der Waals surface area contributed by atoms with Crippen molar-refractivity contribution in [2.45, 2.75) is 19.4 Å². The fourth-order valence-electron chi connectivity index (χ4n) is 2.04. The number of hydrogen-bond donors (Lipinski definition) is 2. The average Bonchev–Trinajstić information content (AvgIpc) is 2.52. The van der Waals surface area contributed by atoms with E-state index < -0.39 is 0 Å². The molecular weight excluding hydrogens is 286 g/mol. The lowest BCUT2D eigenvalue weighted by Gasteiger charge is -2.19. The van der Waals surface area contributed by atoms with Crippen molar-refractivity contribution in [3.63, 3.8) is 0 Å². The number of ether oxygens (including phenoxy) is 1. The first-order valence-corrected chi connectivity index (χ1v) is 7.47. The Balaban J connectivity index is 2.15. The minimum atomic E-state index is -0.227. The molecular formula is C17H20ClNO2. The molecule has 2 aromatic carbocycles. The Hall–Kier alpha value is -1.71. The Morgan fingerprint density at radius 3 is 2.71 bits per heavy atom. The van der Waals surface area contributed by atoms with E-state index in [2.05, 4.69) is 12.2 Å². The van der Waals surface area contributed by atoms with E-state index in [-0.39, 0.29) is 12.6 Å². The second-order valence-corrected chi connectivity index (χ2v) is 5.19. The maximum Gasteiger partial charge on any atom is 0.119 e. The lowest BCUT2D eigenvalue weighted by Crippen LogP contribution is -2.15. The molecule has 0 aliphatic carbocycles. The van der Waals surface area contributed by atoms with Gasteiger partial charge < -0.3 is 15.2 Å². The van der Waals surface area contributed by atoms with E-state index in [1.54, 1.807) is 0 Å². The zero-order valence-electron chi connectivity index (χ0n) is 12.1. The second-order valence-electron chi connectivity index (χ2n) is 4.78. The summed E-state index contributed by atoms with van der Waals surface area (Å²) in [5.74, 6) is 0.814. The summed E-state index contributed by atoms with van der Waals surface area (Å²) >= 11 is 6.14. The summed E-state index contributed by atoms with van der Waals surface area (Å²) in [7, 11) is 0. The van der Waals surface area contributed by atoms with Crippen LogP contribution in [0.1, 0.15) is 24.9 Å². The third-order valence-electron chi connectivity index (χ3n) is 3.12. The first-order valence-electron chi connectivity index (χ1n) is 7.09. The number of nitrogens with one attached hydrogen (secondary N) is 1. The van der Waals surface area contributed by atoms with Crippen LogP contribution in [0, 0.1) is 0 Å². The molecule has 0 bridgehead atoms. The van der Waals surface area contributed by atoms with Crippen molar-refractivity contribution in [2.24, 2.45) is 0 Å². The van der Waals surface area contributed by atoms with Gasteiger partial charge in [0.25, 0.3) is 0 Å². The van der Waals surface area contributed by atoms with Crippen molar-refractivity contribution in [3.8, 4) is 5.75 Å². The third-order valence-corrected chi connectivity index (χ3v) is 3.45. The molecule has 4 heteroatoms. The number of rotatable bonds is 7. The minimum Gasteiger partial charge on any atom is -0.494 e. The van der Waals surface area contributed by atoms with E-state index in [4.69, 9.17) is 16.3 Å². The van der Waals surface area contributed by atoms with Gasteiger partial charge in [0.05, 0.1) is 30.0 Å². The monoisotopic (exact) mass is 305 g/mol. The standard InChI is InChI=1S/C17H20ClNO2/c1-2-10-21-14-7-5-6-13(11-14)17(12-20)19-16-9-4-3-8-15(16)18/h3-9,11,17,19-20H,2,10,12H2,1H3. The number of para-hydroxylation sites is 1. The van der Waals surface area contributed by atoms with E-state index in [1.165, 1.54) is 0 Å². The van der Waals surface area contributed by atoms with Crippen LogP contribution < -0.4 is 10.1 Å². The van der Waals surface area contributed by atoms with Gasteiger partial charge in [0.2, 0.25) is 0 Å². The summed E-state index contributed by atoms with van der Waals surface area (Å²) in [6.45, 7) is 2.73. The molecule has 1 unspecified atom stereocenters. The Morgan fingerprint density at radius 2 is 2.00 bits per heavy atom. The summed E-state index contributed by atoms with van der Waals surface area (Å²) in [6, 6.07) is 15.0. The number of hydrogen-bond acceptors (Lipinski definition) is 3. The van der Waals surface area contributed by atoms with Gasteiger partial charge in [-0.05, 0) is 36.2 Å². The number of anilines is 1. The smallest absolute Gasteiger partial charge is 0.119 e. The molecule has 2 N–H and O–H groups in total. The highest BCUT2D eigenvalue weighted by molar-refractivity contribution is 6.33. The van der Waals surface area contributed by atoms with Gasteiger partial charge in [-0.3, -0.25) is 0 Å². The molecule has 3 nitrogen and oxygen atoms in total. The molecule has 1 atom stereocenters. The van der Waals surface area contributed by atoms with Crippen molar-refractivity contribution < 1.29 is 9.84 Å². The zero-order chi connectivity index (χ0) is 15.1. The van der Waals surface area contributed by atoms with Crippen LogP contribution in [0.5, 0.6) is 5.75 Å². The van der Waals surface area contributed by atoms with Crippen molar-refractivity contribution in [1.82, 2.24) is 0 Å². The topological polar surface area (TPSA) is 41.5 Å². The van der Waals surface area contributed by atoms with Crippen molar-refractivity contribution in [1.29, 1.82) is 0 Å². The zero-order valence-corrected chi connectivity index (χ0v) is 12.8. The van der Waals surface area contributed by atoms with Gasteiger partial charge in [-0.1, -0.05) is 42.8 Å². The summed E-state index contributed by atoms with van der Waals surface area (Å²) < 4.78 is 5.63. The molecule has 21 heavy (non-hydrogen) atoms. The van der Waals surface area contributed by atoms with Crippen LogP contribution in [0.25, 0.3) is 0 Å². The molecule has 0 aromatic heterocycles. The molecule has 0 aliphatic heterocycles. The maximum absolute atomic E-state index is 9.65. The first kappa shape index (κ1) is 15.7. The lowest BCUT2D eigenvalue weighted by molar-refractivity contribution is 0.275. The normalized spacial score (nSPS) is 12.0. The lowest BCUT2D eigenvalue weighted by atomic mass is 10.1. The van der Waals surface area contributed by atoms with Gasteiger partial charge >= 0.3 is 0 Å². The van der Waals surface area contributed by atoms with Gasteiger partial charge in [-0.15, -0.1) is 0 Å². The summed E-state index contributed by atoms with van der Waals surface area (Å²) in [6.07, 6.45) is 0.964. The summed E-state index contributed by atoms with van der Waals surface area (Å²) in [4.78, 5) is 0. The Kier molecular flexibility index (Phi) is 5.90. The van der Waals surface area contributed by atoms with E-state index in [0.29, 0.717) is 11.6 Å². The molecule has 0 fully saturated rings. The van der Waals surface area contributed by atoms with Gasteiger partial charge in [0, 0.05) is 0 Å². The molecule has 2 aromatic rings. The molecule has 0 saturated carbocycles. The molecule has 0 saturated heterocycles. The molecule has 112 valence electrons. The van der Waals surface area contributed by atoms with Gasteiger partial charge in [0.15, 0.2) is 0 Å². The van der Waals surface area contributed by atoms with E-state index in [1.807, 2.05) is 48.5 Å². The van der Waals surface area contributed by atoms with Crippen LogP contribution in [-0.2, 0) is 0 Å². The van der Waals surface area contributed by atoms with E-state index in [9.17, 15) is 5.11 Å². The highest BCUT2D eigenvalue weighted by Gasteiger charge is 2.12. The molecule has 0 aliphatic rings. The average molecular weight is 306 g/mol. The van der Waals surface area contributed by atoms with Crippen LogP contribution in [-0.4, -0.2) is 18.3 Å². The van der Waals surface area contributed by atoms with Crippen molar-refractivity contribution in [3.05, 3.63) is 59.1 Å². The quantitative estimate of drug-likeness (QED) is 0.802. The highest BCUT2D eigenvalue weighted by Crippen LogP contribution is 2.27. The van der Waals surface area contributed by atoms with Gasteiger partial charge in [0.1, 0.15) is 5.75 Å². The SMILES string of the molecule is CCCOc1cccc(C(CO)Nc2ccccc2Cl)c1. The predicted octanol–water partition coefficient (Wildman–Crippen LogP) is 4.27. The van der Waals surface area contributed by atoms with Gasteiger partial charge in [-0.25, -0.2) is 0 Å². The molecule has 0 spiro atoms. The van der Waals surface area contributed by atoms with E-state index >= 15 is 0 Å². The van der Waals surface area contributed by atoms with Crippen molar-refractivity contribution >= 4 is 17.3 Å². The summed E-state index contributed by atoms with van der Waals surface area (Å²) in [5.41, 5.74) is 1.77. The third kappa shape index (κ3) is 4.38. The molecule has 2 rings (SSSR count). The van der Waals surface area contributed by atoms with Gasteiger partial charge in [-0.2, -0.15) is 0 Å². The molecule has 0 radical (unpaired) electrons.